The molecule has 1 N–H and O–H groups in total. The molecule has 0 spiro atoms. The molecule has 1 aromatic carbocycles. The average molecular weight is 372 g/mol. The van der Waals surface area contributed by atoms with Crippen LogP contribution in [-0.2, 0) is 6.54 Å². The van der Waals surface area contributed by atoms with Crippen molar-refractivity contribution in [2.45, 2.75) is 12.6 Å². The van der Waals surface area contributed by atoms with Gasteiger partial charge in [-0.3, -0.25) is 4.68 Å². The van der Waals surface area contributed by atoms with E-state index in [0.717, 1.165) is 33.8 Å². The molecule has 2 aromatic rings. The van der Waals surface area contributed by atoms with E-state index in [1.807, 2.05) is 42.2 Å². The van der Waals surface area contributed by atoms with E-state index in [4.69, 9.17) is 11.6 Å². The van der Waals surface area contributed by atoms with Gasteiger partial charge in [0.25, 0.3) is 0 Å². The molecule has 0 amide bonds. The van der Waals surface area contributed by atoms with Crippen LogP contribution in [0.1, 0.15) is 17.3 Å². The van der Waals surface area contributed by atoms with Gasteiger partial charge in [0.2, 0.25) is 0 Å². The zero-order valence-electron chi connectivity index (χ0n) is 12.5. The van der Waals surface area contributed by atoms with Gasteiger partial charge in [0, 0.05) is 11.6 Å². The van der Waals surface area contributed by atoms with Crippen molar-refractivity contribution in [1.82, 2.24) is 20.0 Å². The molecular weight excluding hydrogens is 352 g/mol. The summed E-state index contributed by atoms with van der Waals surface area (Å²) in [6.45, 7) is 1.76. The maximum atomic E-state index is 6.35. The Bertz CT molecular complexity index is 597. The van der Waals surface area contributed by atoms with Gasteiger partial charge in [0.15, 0.2) is 0 Å². The zero-order chi connectivity index (χ0) is 15.4. The minimum Gasteiger partial charge on any atom is -0.308 e. The van der Waals surface area contributed by atoms with E-state index < -0.39 is 0 Å². The third-order valence-corrected chi connectivity index (χ3v) is 4.33. The molecule has 114 valence electrons. The molecule has 6 heteroatoms. The van der Waals surface area contributed by atoms with Gasteiger partial charge < -0.3 is 10.2 Å². The molecule has 0 saturated heterocycles. The van der Waals surface area contributed by atoms with Crippen molar-refractivity contribution in [3.05, 3.63) is 51.2 Å². The van der Waals surface area contributed by atoms with Crippen molar-refractivity contribution in [2.24, 2.45) is 0 Å². The Labute approximate surface area is 139 Å². The van der Waals surface area contributed by atoms with E-state index in [1.165, 1.54) is 0 Å². The molecule has 1 atom stereocenters. The van der Waals surface area contributed by atoms with E-state index in [2.05, 4.69) is 45.3 Å². The predicted octanol–water partition coefficient (Wildman–Crippen LogP) is 3.17. The van der Waals surface area contributed by atoms with Crippen molar-refractivity contribution >= 4 is 27.5 Å². The third-order valence-electron chi connectivity index (χ3n) is 3.37. The Morgan fingerprint density at radius 3 is 2.71 bits per heavy atom. The Morgan fingerprint density at radius 2 is 2.10 bits per heavy atom. The molecule has 0 radical (unpaired) electrons. The minimum absolute atomic E-state index is 0.00210. The van der Waals surface area contributed by atoms with Gasteiger partial charge in [-0.05, 0) is 48.7 Å². The van der Waals surface area contributed by atoms with Gasteiger partial charge >= 0.3 is 0 Å². The van der Waals surface area contributed by atoms with E-state index in [9.17, 15) is 0 Å². The standard InChI is InChI=1S/C15H20BrClN4/c1-18-14(11-6-4-5-7-13(11)17)15-12(16)10-19-21(15)9-8-20(2)3/h4-7,10,14,18H,8-9H2,1-3H3. The third kappa shape index (κ3) is 3.86. The lowest BCUT2D eigenvalue weighted by molar-refractivity contribution is 0.366. The van der Waals surface area contributed by atoms with Crippen LogP contribution in [0.4, 0.5) is 0 Å². The first-order valence-corrected chi connectivity index (χ1v) is 7.99. The summed E-state index contributed by atoms with van der Waals surface area (Å²) in [4.78, 5) is 2.14. The van der Waals surface area contributed by atoms with Crippen LogP contribution < -0.4 is 5.32 Å². The van der Waals surface area contributed by atoms with Crippen LogP contribution in [0.3, 0.4) is 0 Å². The number of nitrogens with zero attached hydrogens (tertiary/aromatic N) is 3. The molecule has 1 aromatic heterocycles. The highest BCUT2D eigenvalue weighted by molar-refractivity contribution is 9.10. The van der Waals surface area contributed by atoms with E-state index >= 15 is 0 Å². The molecule has 0 aliphatic heterocycles. The SMILES string of the molecule is CNC(c1ccccc1Cl)c1c(Br)cnn1CCN(C)C. The van der Waals surface area contributed by atoms with Gasteiger partial charge in [0.05, 0.1) is 29.0 Å². The number of rotatable bonds is 6. The van der Waals surface area contributed by atoms with Crippen LogP contribution in [0, 0.1) is 0 Å². The largest absolute Gasteiger partial charge is 0.308 e. The fourth-order valence-corrected chi connectivity index (χ4v) is 3.05. The number of aromatic nitrogens is 2. The number of likely N-dealkylation sites (N-methyl/N-ethyl adjacent to an activating group) is 1. The van der Waals surface area contributed by atoms with Crippen molar-refractivity contribution < 1.29 is 0 Å². The summed E-state index contributed by atoms with van der Waals surface area (Å²) in [6, 6.07) is 7.89. The molecule has 4 nitrogen and oxygen atoms in total. The second kappa shape index (κ2) is 7.40. The fraction of sp³-hybridized carbons (Fsp3) is 0.400. The Balaban J connectivity index is 2.38. The molecule has 0 bridgehead atoms. The molecule has 0 aliphatic rings. The quantitative estimate of drug-likeness (QED) is 0.846. The normalized spacial score (nSPS) is 12.9. The van der Waals surface area contributed by atoms with E-state index in [1.54, 1.807) is 0 Å². The smallest absolute Gasteiger partial charge is 0.0771 e. The summed E-state index contributed by atoms with van der Waals surface area (Å²) in [5.41, 5.74) is 2.14. The van der Waals surface area contributed by atoms with Crippen molar-refractivity contribution in [3.8, 4) is 0 Å². The molecule has 2 rings (SSSR count). The molecule has 1 heterocycles. The summed E-state index contributed by atoms with van der Waals surface area (Å²) in [7, 11) is 6.05. The second-order valence-electron chi connectivity index (χ2n) is 5.15. The maximum absolute atomic E-state index is 6.35. The fourth-order valence-electron chi connectivity index (χ4n) is 2.28. The van der Waals surface area contributed by atoms with Gasteiger partial charge in [0.1, 0.15) is 0 Å². The monoisotopic (exact) mass is 370 g/mol. The molecule has 0 aliphatic carbocycles. The first kappa shape index (κ1) is 16.5. The summed E-state index contributed by atoms with van der Waals surface area (Å²) in [5.74, 6) is 0. The summed E-state index contributed by atoms with van der Waals surface area (Å²) in [6.07, 6.45) is 1.84. The summed E-state index contributed by atoms with van der Waals surface area (Å²) < 4.78 is 3.01. The topological polar surface area (TPSA) is 33.1 Å². The molecular formula is C15H20BrClN4. The second-order valence-corrected chi connectivity index (χ2v) is 6.41. The number of benzene rings is 1. The highest BCUT2D eigenvalue weighted by atomic mass is 79.9. The number of halogens is 2. The zero-order valence-corrected chi connectivity index (χ0v) is 14.8. The number of hydrogen-bond donors (Lipinski definition) is 1. The van der Waals surface area contributed by atoms with Crippen LogP contribution in [0.15, 0.2) is 34.9 Å². The van der Waals surface area contributed by atoms with Crippen LogP contribution in [0.2, 0.25) is 5.02 Å². The maximum Gasteiger partial charge on any atom is 0.0771 e. The van der Waals surface area contributed by atoms with Crippen molar-refractivity contribution in [2.75, 3.05) is 27.7 Å². The van der Waals surface area contributed by atoms with Gasteiger partial charge in [-0.1, -0.05) is 29.8 Å². The van der Waals surface area contributed by atoms with E-state index in [-0.39, 0.29) is 6.04 Å². The number of nitrogens with one attached hydrogen (secondary N) is 1. The average Bonchev–Trinajstić information content (AvgIpc) is 2.81. The lowest BCUT2D eigenvalue weighted by atomic mass is 10.0. The predicted molar refractivity (Wildman–Crippen MR) is 90.8 cm³/mol. The minimum atomic E-state index is -0.00210. The first-order chi connectivity index (χ1) is 10.0. The van der Waals surface area contributed by atoms with E-state index in [0.29, 0.717) is 0 Å². The first-order valence-electron chi connectivity index (χ1n) is 6.82. The van der Waals surface area contributed by atoms with Crippen LogP contribution in [0.5, 0.6) is 0 Å². The van der Waals surface area contributed by atoms with Crippen molar-refractivity contribution in [3.63, 3.8) is 0 Å². The molecule has 21 heavy (non-hydrogen) atoms. The van der Waals surface area contributed by atoms with Gasteiger partial charge in [-0.15, -0.1) is 0 Å². The molecule has 1 unspecified atom stereocenters. The summed E-state index contributed by atoms with van der Waals surface area (Å²) in [5, 5.41) is 8.57. The van der Waals surface area contributed by atoms with Crippen LogP contribution >= 0.6 is 27.5 Å². The number of hydrogen-bond acceptors (Lipinski definition) is 3. The molecule has 0 fully saturated rings. The highest BCUT2D eigenvalue weighted by Crippen LogP contribution is 2.32. The highest BCUT2D eigenvalue weighted by Gasteiger charge is 2.22. The summed E-state index contributed by atoms with van der Waals surface area (Å²) >= 11 is 9.96. The lowest BCUT2D eigenvalue weighted by Crippen LogP contribution is -2.25. The Kier molecular flexibility index (Phi) is 5.81. The lowest BCUT2D eigenvalue weighted by Gasteiger charge is -2.21. The Hall–Kier alpha value is -0.880. The van der Waals surface area contributed by atoms with Gasteiger partial charge in [-0.25, -0.2) is 0 Å². The van der Waals surface area contributed by atoms with Crippen LogP contribution in [0.25, 0.3) is 0 Å². The van der Waals surface area contributed by atoms with Crippen molar-refractivity contribution in [1.29, 1.82) is 0 Å². The van der Waals surface area contributed by atoms with Crippen LogP contribution in [-0.4, -0.2) is 42.4 Å². The Morgan fingerprint density at radius 1 is 1.38 bits per heavy atom. The molecule has 0 saturated carbocycles. The van der Waals surface area contributed by atoms with Gasteiger partial charge in [-0.2, -0.15) is 5.10 Å².